The molecule has 1 heteroatoms. The van der Waals surface area contributed by atoms with Gasteiger partial charge in [0, 0.05) is 6.04 Å². The summed E-state index contributed by atoms with van der Waals surface area (Å²) in [5.41, 5.74) is 0. The van der Waals surface area contributed by atoms with Crippen molar-refractivity contribution in [2.45, 2.75) is 45.1 Å². The van der Waals surface area contributed by atoms with Gasteiger partial charge in [-0.1, -0.05) is 19.8 Å². The molecule has 1 heterocycles. The van der Waals surface area contributed by atoms with E-state index in [-0.39, 0.29) is 0 Å². The third kappa shape index (κ3) is 1.58. The van der Waals surface area contributed by atoms with E-state index in [0.717, 1.165) is 17.9 Å². The van der Waals surface area contributed by atoms with Crippen LogP contribution in [0.3, 0.4) is 0 Å². The first-order chi connectivity index (χ1) is 5.36. The fourth-order valence-corrected chi connectivity index (χ4v) is 2.76. The molecule has 2 rings (SSSR count). The third-order valence-electron chi connectivity index (χ3n) is 3.41. The van der Waals surface area contributed by atoms with Crippen molar-refractivity contribution in [3.05, 3.63) is 0 Å². The van der Waals surface area contributed by atoms with Crippen LogP contribution in [0.25, 0.3) is 0 Å². The quantitative estimate of drug-likeness (QED) is 0.562. The van der Waals surface area contributed by atoms with E-state index in [1.807, 2.05) is 0 Å². The second-order valence-corrected chi connectivity index (χ2v) is 4.38. The Morgan fingerprint density at radius 2 is 2.09 bits per heavy atom. The normalized spacial score (nSPS) is 45.0. The van der Waals surface area contributed by atoms with Gasteiger partial charge in [-0.05, 0) is 37.6 Å². The molecule has 0 aromatic carbocycles. The standard InChI is InChI=1S/C10H19N/c1-8-3-2-4-10-9(7-8)5-6-11-10/h8-11H,2-7H2,1H3. The van der Waals surface area contributed by atoms with Gasteiger partial charge >= 0.3 is 0 Å². The first-order valence-corrected chi connectivity index (χ1v) is 5.09. The monoisotopic (exact) mass is 153 g/mol. The second-order valence-electron chi connectivity index (χ2n) is 4.38. The summed E-state index contributed by atoms with van der Waals surface area (Å²) in [6.07, 6.45) is 7.28. The zero-order valence-corrected chi connectivity index (χ0v) is 7.47. The molecule has 1 aliphatic heterocycles. The molecule has 0 aromatic rings. The van der Waals surface area contributed by atoms with Crippen LogP contribution in [0.15, 0.2) is 0 Å². The van der Waals surface area contributed by atoms with Gasteiger partial charge in [-0.2, -0.15) is 0 Å². The van der Waals surface area contributed by atoms with Crippen molar-refractivity contribution in [2.75, 3.05) is 6.54 Å². The highest BCUT2D eigenvalue weighted by atomic mass is 14.9. The Morgan fingerprint density at radius 3 is 3.00 bits per heavy atom. The lowest BCUT2D eigenvalue weighted by Gasteiger charge is -2.16. The van der Waals surface area contributed by atoms with E-state index in [9.17, 15) is 0 Å². The van der Waals surface area contributed by atoms with E-state index in [0.29, 0.717) is 0 Å². The van der Waals surface area contributed by atoms with Gasteiger partial charge in [0.05, 0.1) is 0 Å². The maximum atomic E-state index is 3.62. The van der Waals surface area contributed by atoms with Crippen LogP contribution in [0.2, 0.25) is 0 Å². The minimum atomic E-state index is 0.889. The summed E-state index contributed by atoms with van der Waals surface area (Å²) in [7, 11) is 0. The van der Waals surface area contributed by atoms with Crippen molar-refractivity contribution in [2.24, 2.45) is 11.8 Å². The lowest BCUT2D eigenvalue weighted by molar-refractivity contribution is 0.383. The zero-order chi connectivity index (χ0) is 7.68. The van der Waals surface area contributed by atoms with Gasteiger partial charge in [-0.25, -0.2) is 0 Å². The predicted octanol–water partition coefficient (Wildman–Crippen LogP) is 2.17. The van der Waals surface area contributed by atoms with Gasteiger partial charge in [0.25, 0.3) is 0 Å². The average Bonchev–Trinajstić information content (AvgIpc) is 2.31. The molecule has 11 heavy (non-hydrogen) atoms. The molecule has 1 aliphatic carbocycles. The van der Waals surface area contributed by atoms with Crippen molar-refractivity contribution in [1.82, 2.24) is 5.32 Å². The maximum absolute atomic E-state index is 3.62. The molecule has 1 nitrogen and oxygen atoms in total. The Hall–Kier alpha value is -0.0400. The zero-order valence-electron chi connectivity index (χ0n) is 7.47. The summed E-state index contributed by atoms with van der Waals surface area (Å²) in [5.74, 6) is 2.01. The van der Waals surface area contributed by atoms with E-state index < -0.39 is 0 Å². The molecular formula is C10H19N. The fourth-order valence-electron chi connectivity index (χ4n) is 2.76. The molecule has 1 saturated carbocycles. The topological polar surface area (TPSA) is 12.0 Å². The highest BCUT2D eigenvalue weighted by Crippen LogP contribution is 2.32. The van der Waals surface area contributed by atoms with Gasteiger partial charge in [-0.15, -0.1) is 0 Å². The molecule has 3 atom stereocenters. The van der Waals surface area contributed by atoms with E-state index >= 15 is 0 Å². The van der Waals surface area contributed by atoms with Crippen LogP contribution < -0.4 is 5.32 Å². The van der Waals surface area contributed by atoms with Crippen molar-refractivity contribution in [1.29, 1.82) is 0 Å². The Bertz CT molecular complexity index is 133. The lowest BCUT2D eigenvalue weighted by Crippen LogP contribution is -2.25. The summed E-state index contributed by atoms with van der Waals surface area (Å²) < 4.78 is 0. The first kappa shape index (κ1) is 7.60. The van der Waals surface area contributed by atoms with Crippen molar-refractivity contribution >= 4 is 0 Å². The first-order valence-electron chi connectivity index (χ1n) is 5.09. The largest absolute Gasteiger partial charge is 0.314 e. The third-order valence-corrected chi connectivity index (χ3v) is 3.41. The summed E-state index contributed by atoms with van der Waals surface area (Å²) in [4.78, 5) is 0. The molecule has 0 spiro atoms. The van der Waals surface area contributed by atoms with Crippen molar-refractivity contribution in [3.63, 3.8) is 0 Å². The summed E-state index contributed by atoms with van der Waals surface area (Å²) in [6.45, 7) is 3.70. The smallest absolute Gasteiger partial charge is 0.00959 e. The van der Waals surface area contributed by atoms with Crippen LogP contribution >= 0.6 is 0 Å². The lowest BCUT2D eigenvalue weighted by atomic mass is 9.92. The highest BCUT2D eigenvalue weighted by molar-refractivity contribution is 4.86. The number of rotatable bonds is 0. The number of hydrogen-bond acceptors (Lipinski definition) is 1. The second kappa shape index (κ2) is 3.14. The van der Waals surface area contributed by atoms with Crippen LogP contribution in [-0.2, 0) is 0 Å². The average molecular weight is 153 g/mol. The van der Waals surface area contributed by atoms with Crippen LogP contribution in [-0.4, -0.2) is 12.6 Å². The summed E-state index contributed by atoms with van der Waals surface area (Å²) >= 11 is 0. The van der Waals surface area contributed by atoms with Crippen molar-refractivity contribution < 1.29 is 0 Å². The van der Waals surface area contributed by atoms with Gasteiger partial charge < -0.3 is 5.32 Å². The minimum absolute atomic E-state index is 0.889. The summed E-state index contributed by atoms with van der Waals surface area (Å²) in [5, 5.41) is 3.62. The highest BCUT2D eigenvalue weighted by Gasteiger charge is 2.29. The molecule has 0 aromatic heterocycles. The predicted molar refractivity (Wildman–Crippen MR) is 47.5 cm³/mol. The fraction of sp³-hybridized carbons (Fsp3) is 1.00. The van der Waals surface area contributed by atoms with Gasteiger partial charge in [0.2, 0.25) is 0 Å². The molecule has 0 bridgehead atoms. The van der Waals surface area contributed by atoms with Gasteiger partial charge in [-0.3, -0.25) is 0 Å². The molecule has 1 saturated heterocycles. The Labute approximate surface area is 69.6 Å². The molecule has 64 valence electrons. The molecule has 3 unspecified atom stereocenters. The van der Waals surface area contributed by atoms with E-state index in [4.69, 9.17) is 0 Å². The Morgan fingerprint density at radius 1 is 1.18 bits per heavy atom. The molecule has 0 radical (unpaired) electrons. The number of fused-ring (bicyclic) bond motifs is 1. The molecule has 1 N–H and O–H groups in total. The summed E-state index contributed by atoms with van der Waals surface area (Å²) in [6, 6.07) is 0.889. The van der Waals surface area contributed by atoms with Crippen molar-refractivity contribution in [3.8, 4) is 0 Å². The van der Waals surface area contributed by atoms with Crippen LogP contribution in [0.4, 0.5) is 0 Å². The Balaban J connectivity index is 1.98. The van der Waals surface area contributed by atoms with E-state index in [2.05, 4.69) is 12.2 Å². The number of nitrogens with one attached hydrogen (secondary N) is 1. The van der Waals surface area contributed by atoms with Gasteiger partial charge in [0.15, 0.2) is 0 Å². The minimum Gasteiger partial charge on any atom is -0.314 e. The van der Waals surface area contributed by atoms with E-state index in [1.54, 1.807) is 0 Å². The molecule has 2 fully saturated rings. The number of hydrogen-bond donors (Lipinski definition) is 1. The Kier molecular flexibility index (Phi) is 2.17. The maximum Gasteiger partial charge on any atom is 0.00959 e. The van der Waals surface area contributed by atoms with Crippen LogP contribution in [0.1, 0.15) is 39.0 Å². The van der Waals surface area contributed by atoms with Gasteiger partial charge in [0.1, 0.15) is 0 Å². The van der Waals surface area contributed by atoms with E-state index in [1.165, 1.54) is 38.6 Å². The molecular weight excluding hydrogens is 134 g/mol. The molecule has 0 amide bonds. The SMILES string of the molecule is CC1CCCC2NCCC2C1. The van der Waals surface area contributed by atoms with Crippen LogP contribution in [0, 0.1) is 11.8 Å². The molecule has 2 aliphatic rings. The van der Waals surface area contributed by atoms with Crippen LogP contribution in [0.5, 0.6) is 0 Å².